The molecule has 29 heavy (non-hydrogen) atoms. The molecule has 3 fully saturated rings. The van der Waals surface area contributed by atoms with Crippen LogP contribution in [0.1, 0.15) is 37.3 Å². The van der Waals surface area contributed by atoms with E-state index in [2.05, 4.69) is 4.98 Å². The Kier molecular flexibility index (Phi) is 4.27. The van der Waals surface area contributed by atoms with Crippen molar-refractivity contribution in [1.82, 2.24) is 9.88 Å². The van der Waals surface area contributed by atoms with Gasteiger partial charge >= 0.3 is 0 Å². The number of fused-ring (bicyclic) bond motifs is 1. The smallest absolute Gasteiger partial charge is 0.257 e. The second kappa shape index (κ2) is 6.73. The van der Waals surface area contributed by atoms with Crippen LogP contribution < -0.4 is 4.90 Å². The molecule has 0 N–H and O–H groups in total. The van der Waals surface area contributed by atoms with Crippen molar-refractivity contribution in [3.8, 4) is 0 Å². The highest BCUT2D eigenvalue weighted by Crippen LogP contribution is 2.48. The molecule has 1 aromatic carbocycles. The Morgan fingerprint density at radius 1 is 1.00 bits per heavy atom. The number of carbonyl (C=O) groups excluding carboxylic acids is 1. The highest BCUT2D eigenvalue weighted by Gasteiger charge is 2.58. The first-order valence-electron chi connectivity index (χ1n) is 9.78. The largest absolute Gasteiger partial charge is 0.356 e. The number of anilines is 1. The average molecular weight is 403 g/mol. The number of carbonyl (C=O) groups is 1. The third-order valence-electron chi connectivity index (χ3n) is 6.19. The van der Waals surface area contributed by atoms with Gasteiger partial charge in [-0.25, -0.2) is 18.2 Å². The Balaban J connectivity index is 1.35. The number of hydrogen-bond donors (Lipinski definition) is 0. The molecule has 152 valence electrons. The van der Waals surface area contributed by atoms with Crippen molar-refractivity contribution in [1.29, 1.82) is 0 Å². The Labute approximate surface area is 166 Å². The van der Waals surface area contributed by atoms with E-state index in [1.54, 1.807) is 4.90 Å². The van der Waals surface area contributed by atoms with Crippen LogP contribution in [-0.4, -0.2) is 40.7 Å². The van der Waals surface area contributed by atoms with E-state index in [1.165, 1.54) is 30.5 Å². The maximum Gasteiger partial charge on any atom is 0.257 e. The van der Waals surface area contributed by atoms with Crippen LogP contribution in [0.15, 0.2) is 36.5 Å². The summed E-state index contributed by atoms with van der Waals surface area (Å²) in [6.07, 6.45) is 3.20. The van der Waals surface area contributed by atoms with E-state index in [4.69, 9.17) is 4.74 Å². The Hall–Kier alpha value is -2.61. The molecule has 5 nitrogen and oxygen atoms in total. The lowest BCUT2D eigenvalue weighted by atomic mass is 9.89. The molecule has 0 saturated carbocycles. The first-order valence-corrected chi connectivity index (χ1v) is 9.78. The zero-order valence-electron chi connectivity index (χ0n) is 15.7. The van der Waals surface area contributed by atoms with Gasteiger partial charge in [-0.15, -0.1) is 0 Å². The molecule has 0 radical (unpaired) electrons. The van der Waals surface area contributed by atoms with Gasteiger partial charge in [-0.1, -0.05) is 0 Å². The number of benzene rings is 1. The van der Waals surface area contributed by atoms with Crippen LogP contribution in [0, 0.1) is 17.5 Å². The van der Waals surface area contributed by atoms with Gasteiger partial charge in [0.25, 0.3) is 5.91 Å². The second-order valence-electron chi connectivity index (χ2n) is 7.89. The van der Waals surface area contributed by atoms with Crippen molar-refractivity contribution < 1.29 is 22.7 Å². The van der Waals surface area contributed by atoms with Crippen LogP contribution in [-0.2, 0) is 9.53 Å². The maximum atomic E-state index is 13.7. The number of aromatic nitrogens is 1. The van der Waals surface area contributed by atoms with Crippen molar-refractivity contribution >= 4 is 11.7 Å². The predicted molar refractivity (Wildman–Crippen MR) is 98.4 cm³/mol. The molecule has 3 saturated heterocycles. The number of amides is 1. The summed E-state index contributed by atoms with van der Waals surface area (Å²) in [7, 11) is 0. The molecule has 8 heteroatoms. The predicted octanol–water partition coefficient (Wildman–Crippen LogP) is 3.56. The van der Waals surface area contributed by atoms with E-state index >= 15 is 0 Å². The average Bonchev–Trinajstić information content (AvgIpc) is 3.20. The van der Waals surface area contributed by atoms with E-state index in [0.717, 1.165) is 6.07 Å². The third kappa shape index (κ3) is 3.06. The topological polar surface area (TPSA) is 45.7 Å². The second-order valence-corrected chi connectivity index (χ2v) is 7.89. The van der Waals surface area contributed by atoms with Gasteiger partial charge in [0.05, 0.1) is 6.04 Å². The van der Waals surface area contributed by atoms with Gasteiger partial charge in [-0.05, 0) is 36.6 Å². The van der Waals surface area contributed by atoms with Crippen LogP contribution >= 0.6 is 0 Å². The molecule has 1 aromatic heterocycles. The first-order chi connectivity index (χ1) is 13.9. The summed E-state index contributed by atoms with van der Waals surface area (Å²) >= 11 is 0. The summed E-state index contributed by atoms with van der Waals surface area (Å²) in [5, 5.41) is 0. The molecule has 3 aliphatic rings. The van der Waals surface area contributed by atoms with Gasteiger partial charge in [-0.3, -0.25) is 4.79 Å². The lowest BCUT2D eigenvalue weighted by Crippen LogP contribution is -2.50. The minimum absolute atomic E-state index is 0.124. The number of halogens is 3. The van der Waals surface area contributed by atoms with Crippen molar-refractivity contribution in [3.05, 3.63) is 59.5 Å². The summed E-state index contributed by atoms with van der Waals surface area (Å²) in [4.78, 5) is 21.1. The number of pyridine rings is 1. The highest BCUT2D eigenvalue weighted by molar-refractivity contribution is 5.88. The number of rotatable bonds is 2. The van der Waals surface area contributed by atoms with Gasteiger partial charge in [0, 0.05) is 44.3 Å². The number of nitrogens with zero attached hydrogens (tertiary/aromatic N) is 3. The van der Waals surface area contributed by atoms with Gasteiger partial charge < -0.3 is 14.5 Å². The number of piperidine rings is 1. The fraction of sp³-hybridized carbons (Fsp3) is 0.429. The molecular formula is C21H20F3N3O2. The van der Waals surface area contributed by atoms with E-state index in [0.29, 0.717) is 50.2 Å². The van der Waals surface area contributed by atoms with E-state index in [-0.39, 0.29) is 24.0 Å². The van der Waals surface area contributed by atoms with Crippen LogP contribution in [0.2, 0.25) is 0 Å². The lowest BCUT2D eigenvalue weighted by Gasteiger charge is -2.38. The summed E-state index contributed by atoms with van der Waals surface area (Å²) in [5.41, 5.74) is -0.473. The maximum absolute atomic E-state index is 13.7. The van der Waals surface area contributed by atoms with Crippen molar-refractivity contribution in [2.24, 2.45) is 0 Å². The SMILES string of the molecule is O=C1N2C(CCC2c2cc(F)cc(F)c2)OC12CCN(c1cc(F)ccn1)CC2. The Morgan fingerprint density at radius 2 is 1.72 bits per heavy atom. The van der Waals surface area contributed by atoms with Crippen molar-refractivity contribution in [2.75, 3.05) is 18.0 Å². The van der Waals surface area contributed by atoms with E-state index < -0.39 is 17.2 Å². The van der Waals surface area contributed by atoms with E-state index in [9.17, 15) is 18.0 Å². The fourth-order valence-electron chi connectivity index (χ4n) is 4.80. The zero-order valence-corrected chi connectivity index (χ0v) is 15.7. The molecule has 2 unspecified atom stereocenters. The summed E-state index contributed by atoms with van der Waals surface area (Å²) in [6, 6.07) is 5.68. The number of hydrogen-bond acceptors (Lipinski definition) is 4. The van der Waals surface area contributed by atoms with Crippen LogP contribution in [0.25, 0.3) is 0 Å². The molecule has 0 aliphatic carbocycles. The third-order valence-corrected chi connectivity index (χ3v) is 6.19. The molecule has 3 aliphatic heterocycles. The van der Waals surface area contributed by atoms with Crippen LogP contribution in [0.4, 0.5) is 19.0 Å². The standard InChI is InChI=1S/C21H20F3N3O2/c22-14-3-6-25-18(12-14)26-7-4-21(5-8-26)20(28)27-17(1-2-19(27)29-21)13-9-15(23)11-16(24)10-13/h3,6,9-12,17,19H,1-2,4-5,7-8H2. The minimum Gasteiger partial charge on any atom is -0.356 e. The summed E-state index contributed by atoms with van der Waals surface area (Å²) in [6.45, 7) is 1.03. The van der Waals surface area contributed by atoms with Gasteiger partial charge in [0.15, 0.2) is 5.60 Å². The minimum atomic E-state index is -0.932. The summed E-state index contributed by atoms with van der Waals surface area (Å²) in [5.74, 6) is -1.24. The molecule has 0 bridgehead atoms. The highest BCUT2D eigenvalue weighted by atomic mass is 19.1. The molecule has 2 aromatic rings. The van der Waals surface area contributed by atoms with Crippen molar-refractivity contribution in [3.63, 3.8) is 0 Å². The molecule has 1 spiro atoms. The quantitative estimate of drug-likeness (QED) is 0.769. The van der Waals surface area contributed by atoms with Crippen molar-refractivity contribution in [2.45, 2.75) is 43.6 Å². The molecule has 1 amide bonds. The van der Waals surface area contributed by atoms with E-state index in [1.807, 2.05) is 4.90 Å². The Morgan fingerprint density at radius 3 is 2.41 bits per heavy atom. The molecule has 5 rings (SSSR count). The summed E-state index contributed by atoms with van der Waals surface area (Å²) < 4.78 is 47.1. The van der Waals surface area contributed by atoms with Crippen LogP contribution in [0.3, 0.4) is 0 Å². The molecular weight excluding hydrogens is 383 g/mol. The normalized spacial score (nSPS) is 25.7. The van der Waals surface area contributed by atoms with Crippen LogP contribution in [0.5, 0.6) is 0 Å². The lowest BCUT2D eigenvalue weighted by molar-refractivity contribution is -0.140. The monoisotopic (exact) mass is 403 g/mol. The molecule has 4 heterocycles. The van der Waals surface area contributed by atoms with Gasteiger partial charge in [-0.2, -0.15) is 0 Å². The zero-order chi connectivity index (χ0) is 20.2. The number of ether oxygens (including phenoxy) is 1. The first kappa shape index (κ1) is 18.4. The Bertz CT molecular complexity index is 942. The van der Waals surface area contributed by atoms with Gasteiger partial charge in [0.2, 0.25) is 0 Å². The molecule has 2 atom stereocenters. The fourth-order valence-corrected chi connectivity index (χ4v) is 4.80. The van der Waals surface area contributed by atoms with Gasteiger partial charge in [0.1, 0.15) is 29.5 Å².